The first-order chi connectivity index (χ1) is 8.75. The SMILES string of the molecule is Nc1n[nH]c(-c2ccc(Cl)s2)c1-c1cccnc1. The number of nitrogens with zero attached hydrogens (tertiary/aromatic N) is 2. The van der Waals surface area contributed by atoms with E-state index in [-0.39, 0.29) is 0 Å². The van der Waals surface area contributed by atoms with Crippen molar-refractivity contribution < 1.29 is 0 Å². The Hall–Kier alpha value is -1.85. The van der Waals surface area contributed by atoms with Gasteiger partial charge in [0.25, 0.3) is 0 Å². The molecule has 0 saturated carbocycles. The highest BCUT2D eigenvalue weighted by atomic mass is 35.5. The topological polar surface area (TPSA) is 67.6 Å². The molecule has 0 radical (unpaired) electrons. The maximum Gasteiger partial charge on any atom is 0.153 e. The van der Waals surface area contributed by atoms with Crippen molar-refractivity contribution in [3.05, 3.63) is 41.0 Å². The highest BCUT2D eigenvalue weighted by Crippen LogP contribution is 2.38. The summed E-state index contributed by atoms with van der Waals surface area (Å²) in [5.74, 6) is 0.461. The van der Waals surface area contributed by atoms with Gasteiger partial charge >= 0.3 is 0 Å². The quantitative estimate of drug-likeness (QED) is 0.753. The second-order valence-corrected chi connectivity index (χ2v) is 5.42. The van der Waals surface area contributed by atoms with Crippen LogP contribution in [0.3, 0.4) is 0 Å². The molecule has 0 aliphatic rings. The Bertz CT molecular complexity index is 674. The summed E-state index contributed by atoms with van der Waals surface area (Å²) in [6, 6.07) is 7.62. The van der Waals surface area contributed by atoms with Crippen molar-refractivity contribution in [1.82, 2.24) is 15.2 Å². The van der Waals surface area contributed by atoms with Crippen molar-refractivity contribution in [1.29, 1.82) is 0 Å². The van der Waals surface area contributed by atoms with Gasteiger partial charge in [0.2, 0.25) is 0 Å². The minimum Gasteiger partial charge on any atom is -0.382 e. The van der Waals surface area contributed by atoms with Gasteiger partial charge < -0.3 is 5.73 Å². The van der Waals surface area contributed by atoms with Gasteiger partial charge in [-0.15, -0.1) is 11.3 Å². The Labute approximate surface area is 112 Å². The number of H-pyrrole nitrogens is 1. The van der Waals surface area contributed by atoms with E-state index in [1.165, 1.54) is 11.3 Å². The monoisotopic (exact) mass is 276 g/mol. The number of anilines is 1. The molecule has 4 nitrogen and oxygen atoms in total. The lowest BCUT2D eigenvalue weighted by molar-refractivity contribution is 1.11. The Morgan fingerprint density at radius 2 is 2.17 bits per heavy atom. The zero-order chi connectivity index (χ0) is 12.5. The number of aromatic amines is 1. The Balaban J connectivity index is 2.18. The summed E-state index contributed by atoms with van der Waals surface area (Å²) in [5, 5.41) is 7.02. The van der Waals surface area contributed by atoms with Crippen LogP contribution in [0.25, 0.3) is 21.7 Å². The predicted octanol–water partition coefficient (Wildman–Crippen LogP) is 3.44. The van der Waals surface area contributed by atoms with Crippen molar-refractivity contribution in [2.75, 3.05) is 5.73 Å². The van der Waals surface area contributed by atoms with Gasteiger partial charge in [0, 0.05) is 18.0 Å². The van der Waals surface area contributed by atoms with Crippen molar-refractivity contribution in [3.8, 4) is 21.7 Å². The van der Waals surface area contributed by atoms with E-state index in [4.69, 9.17) is 17.3 Å². The van der Waals surface area contributed by atoms with Crippen LogP contribution in [-0.4, -0.2) is 15.2 Å². The summed E-state index contributed by atoms with van der Waals surface area (Å²) in [4.78, 5) is 5.10. The number of rotatable bonds is 2. The average Bonchev–Trinajstić information content (AvgIpc) is 2.96. The van der Waals surface area contributed by atoms with Gasteiger partial charge in [-0.2, -0.15) is 5.10 Å². The lowest BCUT2D eigenvalue weighted by Gasteiger charge is -2.01. The lowest BCUT2D eigenvalue weighted by atomic mass is 10.1. The van der Waals surface area contributed by atoms with Crippen molar-refractivity contribution >= 4 is 28.8 Å². The van der Waals surface area contributed by atoms with Gasteiger partial charge in [0.1, 0.15) is 0 Å². The molecule has 0 unspecified atom stereocenters. The second-order valence-electron chi connectivity index (χ2n) is 3.70. The fraction of sp³-hybridized carbons (Fsp3) is 0. The van der Waals surface area contributed by atoms with Gasteiger partial charge in [0.15, 0.2) is 5.82 Å². The number of nitrogen functional groups attached to an aromatic ring is 1. The van der Waals surface area contributed by atoms with Gasteiger partial charge in [-0.1, -0.05) is 17.7 Å². The number of nitrogens with one attached hydrogen (secondary N) is 1. The maximum atomic E-state index is 5.96. The van der Waals surface area contributed by atoms with E-state index in [9.17, 15) is 0 Å². The molecule has 18 heavy (non-hydrogen) atoms. The van der Waals surface area contributed by atoms with E-state index >= 15 is 0 Å². The fourth-order valence-electron chi connectivity index (χ4n) is 1.79. The summed E-state index contributed by atoms with van der Waals surface area (Å²) in [5.41, 5.74) is 8.59. The minimum absolute atomic E-state index is 0.461. The predicted molar refractivity (Wildman–Crippen MR) is 74.6 cm³/mol. The molecule has 0 fully saturated rings. The van der Waals surface area contributed by atoms with Crippen LogP contribution in [0.5, 0.6) is 0 Å². The van der Waals surface area contributed by atoms with Crippen LogP contribution in [0.1, 0.15) is 0 Å². The Morgan fingerprint density at radius 1 is 1.28 bits per heavy atom. The second kappa shape index (κ2) is 4.44. The third-order valence-electron chi connectivity index (χ3n) is 2.56. The number of pyridine rings is 1. The van der Waals surface area contributed by atoms with E-state index in [1.54, 1.807) is 12.4 Å². The Kier molecular flexibility index (Phi) is 2.77. The molecule has 0 amide bonds. The minimum atomic E-state index is 0.461. The molecular weight excluding hydrogens is 268 g/mol. The molecule has 90 valence electrons. The normalized spacial score (nSPS) is 10.7. The zero-order valence-corrected chi connectivity index (χ0v) is 10.8. The molecule has 0 atom stereocenters. The van der Waals surface area contributed by atoms with Gasteiger partial charge in [-0.3, -0.25) is 10.1 Å². The molecular formula is C12H9ClN4S. The van der Waals surface area contributed by atoms with Crippen molar-refractivity contribution in [2.45, 2.75) is 0 Å². The first-order valence-electron chi connectivity index (χ1n) is 5.25. The summed E-state index contributed by atoms with van der Waals surface area (Å²) in [6.45, 7) is 0. The number of hydrogen-bond acceptors (Lipinski definition) is 4. The maximum absolute atomic E-state index is 5.96. The van der Waals surface area contributed by atoms with Crippen LogP contribution in [-0.2, 0) is 0 Å². The molecule has 0 spiro atoms. The first kappa shape index (κ1) is 11.3. The lowest BCUT2D eigenvalue weighted by Crippen LogP contribution is -1.88. The van der Waals surface area contributed by atoms with Crippen LogP contribution < -0.4 is 5.73 Å². The van der Waals surface area contributed by atoms with E-state index in [0.717, 1.165) is 26.0 Å². The molecule has 3 N–H and O–H groups in total. The van der Waals surface area contributed by atoms with Crippen LogP contribution in [0.15, 0.2) is 36.7 Å². The summed E-state index contributed by atoms with van der Waals surface area (Å²) >= 11 is 7.44. The molecule has 0 aliphatic carbocycles. The molecule has 0 aromatic carbocycles. The highest BCUT2D eigenvalue weighted by molar-refractivity contribution is 7.19. The number of nitrogens with two attached hydrogens (primary N) is 1. The van der Waals surface area contributed by atoms with Crippen molar-refractivity contribution in [3.63, 3.8) is 0 Å². The number of hydrogen-bond donors (Lipinski definition) is 2. The van der Waals surface area contributed by atoms with Crippen LogP contribution in [0.4, 0.5) is 5.82 Å². The summed E-state index contributed by atoms with van der Waals surface area (Å²) < 4.78 is 0.732. The fourth-order valence-corrected chi connectivity index (χ4v) is 2.83. The number of aromatic nitrogens is 3. The molecule has 0 bridgehead atoms. The van der Waals surface area contributed by atoms with Crippen LogP contribution in [0, 0.1) is 0 Å². The third kappa shape index (κ3) is 1.87. The molecule has 6 heteroatoms. The molecule has 0 aliphatic heterocycles. The standard InChI is InChI=1S/C12H9ClN4S/c13-9-4-3-8(18-9)11-10(12(14)17-16-11)7-2-1-5-15-6-7/h1-6H,(H3,14,16,17). The molecule has 3 aromatic rings. The van der Waals surface area contributed by atoms with Gasteiger partial charge in [-0.25, -0.2) is 0 Å². The van der Waals surface area contributed by atoms with Gasteiger partial charge in [0.05, 0.1) is 20.5 Å². The largest absolute Gasteiger partial charge is 0.382 e. The number of thiophene rings is 1. The third-order valence-corrected chi connectivity index (χ3v) is 3.81. The Morgan fingerprint density at radius 3 is 2.83 bits per heavy atom. The molecule has 3 rings (SSSR count). The average molecular weight is 277 g/mol. The van der Waals surface area contributed by atoms with Gasteiger partial charge in [-0.05, 0) is 18.2 Å². The van der Waals surface area contributed by atoms with E-state index in [1.807, 2.05) is 24.3 Å². The van der Waals surface area contributed by atoms with E-state index in [2.05, 4.69) is 15.2 Å². The summed E-state index contributed by atoms with van der Waals surface area (Å²) in [6.07, 6.45) is 3.49. The summed E-state index contributed by atoms with van der Waals surface area (Å²) in [7, 11) is 0. The molecule has 0 saturated heterocycles. The van der Waals surface area contributed by atoms with E-state index < -0.39 is 0 Å². The van der Waals surface area contributed by atoms with Crippen LogP contribution in [0.2, 0.25) is 4.34 Å². The van der Waals surface area contributed by atoms with E-state index in [0.29, 0.717) is 5.82 Å². The van der Waals surface area contributed by atoms with Crippen molar-refractivity contribution in [2.24, 2.45) is 0 Å². The van der Waals surface area contributed by atoms with Crippen LogP contribution >= 0.6 is 22.9 Å². The number of halogens is 1. The molecule has 3 aromatic heterocycles. The first-order valence-corrected chi connectivity index (χ1v) is 6.45. The highest BCUT2D eigenvalue weighted by Gasteiger charge is 2.16. The molecule has 3 heterocycles. The zero-order valence-electron chi connectivity index (χ0n) is 9.22. The smallest absolute Gasteiger partial charge is 0.153 e.